The second-order valence-corrected chi connectivity index (χ2v) is 14.0. The van der Waals surface area contributed by atoms with Crippen LogP contribution in [0.25, 0.3) is 43.8 Å². The van der Waals surface area contributed by atoms with Gasteiger partial charge in [0, 0.05) is 34.1 Å². The second-order valence-electron chi connectivity index (χ2n) is 14.0. The van der Waals surface area contributed by atoms with E-state index < -0.39 is 11.9 Å². The first-order chi connectivity index (χ1) is 28.4. The van der Waals surface area contributed by atoms with Crippen molar-refractivity contribution in [3.05, 3.63) is 217 Å². The summed E-state index contributed by atoms with van der Waals surface area (Å²) in [6.07, 6.45) is 0. The largest absolute Gasteiger partial charge is 0.478 e. The fourth-order valence-corrected chi connectivity index (χ4v) is 7.92. The van der Waals surface area contributed by atoms with Crippen LogP contribution in [0.4, 0.5) is 34.1 Å². The maximum absolute atomic E-state index is 12.3. The van der Waals surface area contributed by atoms with Crippen LogP contribution in [-0.4, -0.2) is 22.2 Å². The highest BCUT2D eigenvalue weighted by molar-refractivity contribution is 6.22. The Hall–Kier alpha value is -7.96. The Morgan fingerprint density at radius 3 is 1.09 bits per heavy atom. The first kappa shape index (κ1) is 35.7. The van der Waals surface area contributed by atoms with E-state index in [0.29, 0.717) is 0 Å². The molecular formula is C52H36N2O4. The molecule has 0 spiro atoms. The predicted octanol–water partition coefficient (Wildman–Crippen LogP) is 13.7. The van der Waals surface area contributed by atoms with E-state index in [2.05, 4.69) is 88.7 Å². The molecule has 9 aromatic rings. The van der Waals surface area contributed by atoms with E-state index in [1.807, 2.05) is 91.0 Å². The van der Waals surface area contributed by atoms with Gasteiger partial charge in [-0.25, -0.2) is 9.59 Å². The minimum Gasteiger partial charge on any atom is -0.478 e. The first-order valence-corrected chi connectivity index (χ1v) is 19.0. The number of benzene rings is 9. The Labute approximate surface area is 335 Å². The van der Waals surface area contributed by atoms with Crippen LogP contribution in [0.1, 0.15) is 20.7 Å². The molecule has 278 valence electrons. The van der Waals surface area contributed by atoms with Crippen LogP contribution in [0.3, 0.4) is 0 Å². The molecule has 0 atom stereocenters. The number of rotatable bonds is 10. The lowest BCUT2D eigenvalue weighted by atomic mass is 9.85. The van der Waals surface area contributed by atoms with E-state index in [1.165, 1.54) is 0 Å². The number of carboxylic acid groups (broad SMARTS) is 2. The minimum atomic E-state index is -1.00. The molecule has 0 aliphatic rings. The number of nitrogens with zero attached hydrogens (tertiary/aromatic N) is 2. The van der Waals surface area contributed by atoms with Crippen LogP contribution in [0.5, 0.6) is 0 Å². The van der Waals surface area contributed by atoms with Gasteiger partial charge in [0.25, 0.3) is 0 Å². The van der Waals surface area contributed by atoms with Crippen LogP contribution in [0.2, 0.25) is 0 Å². The lowest BCUT2D eigenvalue weighted by Crippen LogP contribution is -2.12. The number of carbonyl (C=O) groups is 2. The van der Waals surface area contributed by atoms with E-state index in [1.54, 1.807) is 36.4 Å². The molecule has 6 heteroatoms. The fraction of sp³-hybridized carbons (Fsp3) is 0. The van der Waals surface area contributed by atoms with Gasteiger partial charge in [0.2, 0.25) is 0 Å². The number of hydrogen-bond acceptors (Lipinski definition) is 4. The van der Waals surface area contributed by atoms with Gasteiger partial charge in [-0.1, -0.05) is 109 Å². The Balaban J connectivity index is 1.28. The molecule has 0 aliphatic carbocycles. The van der Waals surface area contributed by atoms with E-state index in [0.717, 1.165) is 77.9 Å². The molecule has 0 unspecified atom stereocenters. The predicted molar refractivity (Wildman–Crippen MR) is 236 cm³/mol. The molecule has 0 heterocycles. The van der Waals surface area contributed by atoms with E-state index in [9.17, 15) is 19.8 Å². The minimum absolute atomic E-state index is 0.190. The van der Waals surface area contributed by atoms with Gasteiger partial charge < -0.3 is 20.0 Å². The van der Waals surface area contributed by atoms with Gasteiger partial charge in [0.05, 0.1) is 11.1 Å². The lowest BCUT2D eigenvalue weighted by Gasteiger charge is -2.29. The summed E-state index contributed by atoms with van der Waals surface area (Å²) in [5, 5.41) is 23.7. The fourth-order valence-electron chi connectivity index (χ4n) is 7.92. The standard InChI is InChI=1S/C52H36N2O4/c55-51(56)37-16-12-14-35(32-37)49-45-24-10-11-25-46(45)50(36-15-13-17-38(33-36)52(57)58)48-34-44(30-31-47(48)49)54(41-22-8-3-9-23-41)43-28-26-42(27-29-43)53(39-18-4-1-5-19-39)40-20-6-2-7-21-40/h1-34H,(H,55,56)(H,57,58). The van der Waals surface area contributed by atoms with Crippen molar-refractivity contribution in [2.75, 3.05) is 9.80 Å². The molecule has 0 aromatic heterocycles. The highest BCUT2D eigenvalue weighted by atomic mass is 16.4. The third kappa shape index (κ3) is 6.69. The summed E-state index contributed by atoms with van der Waals surface area (Å²) >= 11 is 0. The molecule has 9 rings (SSSR count). The maximum Gasteiger partial charge on any atom is 0.335 e. The third-order valence-electron chi connectivity index (χ3n) is 10.5. The SMILES string of the molecule is O=C(O)c1cccc(-c2c3ccccc3c(-c3cccc(C(=O)O)c3)c3cc(N(c4ccccc4)c4ccc(N(c5ccccc5)c5ccccc5)cc4)ccc23)c1. The maximum atomic E-state index is 12.3. The monoisotopic (exact) mass is 752 g/mol. The zero-order chi connectivity index (χ0) is 39.6. The van der Waals surface area contributed by atoms with Gasteiger partial charge in [-0.05, 0) is 141 Å². The van der Waals surface area contributed by atoms with Gasteiger partial charge in [0.1, 0.15) is 0 Å². The number of fused-ring (bicyclic) bond motifs is 2. The number of aromatic carboxylic acids is 2. The summed E-state index contributed by atoms with van der Waals surface area (Å²) in [5.41, 5.74) is 9.62. The average molecular weight is 753 g/mol. The zero-order valence-electron chi connectivity index (χ0n) is 31.2. The molecule has 9 aromatic carbocycles. The summed E-state index contributed by atoms with van der Waals surface area (Å²) in [5.74, 6) is -2.00. The summed E-state index contributed by atoms with van der Waals surface area (Å²) in [7, 11) is 0. The van der Waals surface area contributed by atoms with Crippen molar-refractivity contribution < 1.29 is 19.8 Å². The molecule has 2 N–H and O–H groups in total. The molecule has 0 bridgehead atoms. The van der Waals surface area contributed by atoms with Gasteiger partial charge in [-0.15, -0.1) is 0 Å². The summed E-state index contributed by atoms with van der Waals surface area (Å²) in [4.78, 5) is 28.9. The summed E-state index contributed by atoms with van der Waals surface area (Å²) in [6.45, 7) is 0. The molecule has 0 saturated heterocycles. The Morgan fingerprint density at radius 2 is 0.655 bits per heavy atom. The normalized spacial score (nSPS) is 11.0. The van der Waals surface area contributed by atoms with Crippen molar-refractivity contribution in [1.29, 1.82) is 0 Å². The van der Waals surface area contributed by atoms with Crippen LogP contribution >= 0.6 is 0 Å². The molecule has 6 nitrogen and oxygen atoms in total. The van der Waals surface area contributed by atoms with Crippen LogP contribution in [0, 0.1) is 0 Å². The van der Waals surface area contributed by atoms with Crippen LogP contribution in [-0.2, 0) is 0 Å². The van der Waals surface area contributed by atoms with Crippen molar-refractivity contribution in [2.24, 2.45) is 0 Å². The van der Waals surface area contributed by atoms with Gasteiger partial charge >= 0.3 is 11.9 Å². The topological polar surface area (TPSA) is 81.1 Å². The quantitative estimate of drug-likeness (QED) is 0.135. The number of para-hydroxylation sites is 3. The third-order valence-corrected chi connectivity index (χ3v) is 10.5. The molecule has 0 aliphatic heterocycles. The lowest BCUT2D eigenvalue weighted by molar-refractivity contribution is 0.0686. The second kappa shape index (κ2) is 15.3. The Bertz CT molecular complexity index is 2910. The van der Waals surface area contributed by atoms with Crippen molar-refractivity contribution >= 4 is 67.6 Å². The number of carboxylic acids is 2. The van der Waals surface area contributed by atoms with Crippen molar-refractivity contribution in [3.63, 3.8) is 0 Å². The highest BCUT2D eigenvalue weighted by Gasteiger charge is 2.22. The van der Waals surface area contributed by atoms with E-state index in [-0.39, 0.29) is 11.1 Å². The Morgan fingerprint density at radius 1 is 0.310 bits per heavy atom. The molecular weight excluding hydrogens is 717 g/mol. The molecule has 58 heavy (non-hydrogen) atoms. The van der Waals surface area contributed by atoms with Crippen molar-refractivity contribution in [2.45, 2.75) is 0 Å². The summed E-state index contributed by atoms with van der Waals surface area (Å²) in [6, 6.07) is 67.8. The highest BCUT2D eigenvalue weighted by Crippen LogP contribution is 2.47. The van der Waals surface area contributed by atoms with Gasteiger partial charge in [-0.2, -0.15) is 0 Å². The average Bonchev–Trinajstić information content (AvgIpc) is 3.27. The Kier molecular flexibility index (Phi) is 9.42. The molecule has 0 saturated carbocycles. The van der Waals surface area contributed by atoms with Gasteiger partial charge in [0.15, 0.2) is 0 Å². The smallest absolute Gasteiger partial charge is 0.335 e. The molecule has 0 amide bonds. The van der Waals surface area contributed by atoms with Crippen LogP contribution in [0.15, 0.2) is 206 Å². The molecule has 0 fully saturated rings. The van der Waals surface area contributed by atoms with Crippen molar-refractivity contribution in [3.8, 4) is 22.3 Å². The number of anilines is 6. The zero-order valence-corrected chi connectivity index (χ0v) is 31.2. The van der Waals surface area contributed by atoms with Gasteiger partial charge in [-0.3, -0.25) is 0 Å². The summed E-state index contributed by atoms with van der Waals surface area (Å²) < 4.78 is 0. The first-order valence-electron chi connectivity index (χ1n) is 19.0. The molecule has 0 radical (unpaired) electrons. The van der Waals surface area contributed by atoms with Crippen molar-refractivity contribution in [1.82, 2.24) is 0 Å². The van der Waals surface area contributed by atoms with E-state index >= 15 is 0 Å². The van der Waals surface area contributed by atoms with E-state index in [4.69, 9.17) is 0 Å². The van der Waals surface area contributed by atoms with Crippen LogP contribution < -0.4 is 9.80 Å². The number of hydrogen-bond donors (Lipinski definition) is 2.